The Balaban J connectivity index is 0.00000272. The van der Waals surface area contributed by atoms with E-state index in [2.05, 4.69) is 75.1 Å². The number of aryl methyl sites for hydroxylation is 1. The van der Waals surface area contributed by atoms with Gasteiger partial charge in [-0.2, -0.15) is 5.10 Å². The molecule has 0 radical (unpaired) electrons. The number of aromatic nitrogens is 2. The number of guanidine groups is 1. The van der Waals surface area contributed by atoms with Crippen molar-refractivity contribution >= 4 is 41.3 Å². The van der Waals surface area contributed by atoms with Crippen LogP contribution >= 0.6 is 24.0 Å². The minimum atomic E-state index is 0. The van der Waals surface area contributed by atoms with Crippen LogP contribution in [-0.4, -0.2) is 54.5 Å². The zero-order chi connectivity index (χ0) is 20.8. The van der Waals surface area contributed by atoms with Gasteiger partial charge in [0.15, 0.2) is 5.96 Å². The third-order valence-electron chi connectivity index (χ3n) is 5.70. The molecule has 1 aromatic heterocycles. The smallest absolute Gasteiger partial charge is 0.191 e. The van der Waals surface area contributed by atoms with E-state index in [1.54, 1.807) is 0 Å². The van der Waals surface area contributed by atoms with Gasteiger partial charge in [-0.1, -0.05) is 24.3 Å². The van der Waals surface area contributed by atoms with Crippen molar-refractivity contribution in [2.75, 3.05) is 42.5 Å². The van der Waals surface area contributed by atoms with Crippen molar-refractivity contribution in [1.82, 2.24) is 20.4 Å². The van der Waals surface area contributed by atoms with E-state index in [0.717, 1.165) is 45.1 Å². The fourth-order valence-electron chi connectivity index (χ4n) is 4.09. The van der Waals surface area contributed by atoms with Crippen molar-refractivity contribution < 1.29 is 0 Å². The maximum Gasteiger partial charge on any atom is 0.191 e. The number of hydrogen-bond donors (Lipinski definition) is 2. The Labute approximate surface area is 202 Å². The molecule has 2 N–H and O–H groups in total. The molecular weight excluding hydrogens is 501 g/mol. The van der Waals surface area contributed by atoms with Crippen molar-refractivity contribution in [3.8, 4) is 0 Å². The van der Waals surface area contributed by atoms with Crippen LogP contribution in [0.15, 0.2) is 53.8 Å². The number of aliphatic imine (C=N–C) groups is 1. The van der Waals surface area contributed by atoms with Crippen molar-refractivity contribution in [1.29, 1.82) is 0 Å². The molecule has 0 aliphatic carbocycles. The fraction of sp³-hybridized carbons (Fsp3) is 0.478. The summed E-state index contributed by atoms with van der Waals surface area (Å²) in [5, 5.41) is 11.4. The van der Waals surface area contributed by atoms with Gasteiger partial charge in [-0.05, 0) is 37.5 Å². The highest BCUT2D eigenvalue weighted by Gasteiger charge is 2.21. The van der Waals surface area contributed by atoms with Gasteiger partial charge < -0.3 is 20.4 Å². The normalized spacial score (nSPS) is 18.8. The van der Waals surface area contributed by atoms with E-state index < -0.39 is 0 Å². The molecule has 31 heavy (non-hydrogen) atoms. The molecule has 1 fully saturated rings. The summed E-state index contributed by atoms with van der Waals surface area (Å²) >= 11 is 0. The van der Waals surface area contributed by atoms with Crippen LogP contribution in [0.4, 0.5) is 11.4 Å². The average Bonchev–Trinajstić information content (AvgIpc) is 3.45. The molecule has 1 unspecified atom stereocenters. The lowest BCUT2D eigenvalue weighted by molar-refractivity contribution is 0.468. The first-order valence-corrected chi connectivity index (χ1v) is 11.0. The summed E-state index contributed by atoms with van der Waals surface area (Å²) in [5.41, 5.74) is 3.69. The summed E-state index contributed by atoms with van der Waals surface area (Å²) in [5.74, 6) is 0.892. The number of benzene rings is 1. The molecule has 1 saturated heterocycles. The van der Waals surface area contributed by atoms with Crippen LogP contribution in [0, 0.1) is 0 Å². The second-order valence-electron chi connectivity index (χ2n) is 8.04. The summed E-state index contributed by atoms with van der Waals surface area (Å²) in [6.07, 6.45) is 10.8. The van der Waals surface area contributed by atoms with Crippen LogP contribution in [0.2, 0.25) is 0 Å². The second-order valence-corrected chi connectivity index (χ2v) is 8.04. The molecule has 0 saturated carbocycles. The molecule has 168 valence electrons. The van der Waals surface area contributed by atoms with Gasteiger partial charge in [0.05, 0.1) is 18.4 Å². The van der Waals surface area contributed by atoms with Crippen LogP contribution in [0.25, 0.3) is 0 Å². The Morgan fingerprint density at radius 3 is 2.58 bits per heavy atom. The average molecular weight is 535 g/mol. The molecule has 0 spiro atoms. The van der Waals surface area contributed by atoms with Crippen molar-refractivity contribution in [2.45, 2.75) is 32.4 Å². The molecule has 1 atom stereocenters. The quantitative estimate of drug-likeness (QED) is 0.258. The van der Waals surface area contributed by atoms with Crippen molar-refractivity contribution in [2.24, 2.45) is 12.0 Å². The summed E-state index contributed by atoms with van der Waals surface area (Å²) in [4.78, 5) is 9.60. The van der Waals surface area contributed by atoms with Crippen LogP contribution < -0.4 is 20.4 Å². The minimum absolute atomic E-state index is 0. The van der Waals surface area contributed by atoms with Crippen LogP contribution in [0.1, 0.15) is 25.3 Å². The molecule has 2 aliphatic rings. The zero-order valence-electron chi connectivity index (χ0n) is 18.5. The SMILES string of the molecule is CCNC(=NCc1ccc(N2CC=CC2)cc1)NC1CCCN(c2cnn(C)c2)C1.I. The van der Waals surface area contributed by atoms with E-state index in [1.807, 2.05) is 17.9 Å². The third-order valence-corrected chi connectivity index (χ3v) is 5.70. The van der Waals surface area contributed by atoms with Crippen LogP contribution in [0.5, 0.6) is 0 Å². The Kier molecular flexibility index (Phi) is 8.62. The highest BCUT2D eigenvalue weighted by atomic mass is 127. The Morgan fingerprint density at radius 1 is 1.13 bits per heavy atom. The van der Waals surface area contributed by atoms with Gasteiger partial charge in [0, 0.05) is 57.7 Å². The fourth-order valence-corrected chi connectivity index (χ4v) is 4.09. The molecule has 0 amide bonds. The zero-order valence-corrected chi connectivity index (χ0v) is 20.8. The molecule has 1 aromatic carbocycles. The molecule has 4 rings (SSSR count). The first-order valence-electron chi connectivity index (χ1n) is 11.0. The number of anilines is 2. The number of rotatable bonds is 6. The molecular formula is C23H34IN7. The van der Waals surface area contributed by atoms with E-state index in [4.69, 9.17) is 4.99 Å². The number of nitrogens with one attached hydrogen (secondary N) is 2. The summed E-state index contributed by atoms with van der Waals surface area (Å²) in [6, 6.07) is 9.15. The Morgan fingerprint density at radius 2 is 1.90 bits per heavy atom. The van der Waals surface area contributed by atoms with E-state index in [9.17, 15) is 0 Å². The van der Waals surface area contributed by atoms with Gasteiger partial charge in [-0.25, -0.2) is 4.99 Å². The second kappa shape index (κ2) is 11.4. The minimum Gasteiger partial charge on any atom is -0.367 e. The summed E-state index contributed by atoms with van der Waals surface area (Å²) in [6.45, 7) is 7.69. The van der Waals surface area contributed by atoms with Crippen molar-refractivity contribution in [3.63, 3.8) is 0 Å². The molecule has 2 aromatic rings. The lowest BCUT2D eigenvalue weighted by Crippen LogP contribution is -2.51. The van der Waals surface area contributed by atoms with Crippen LogP contribution in [0.3, 0.4) is 0 Å². The Hall–Kier alpha value is -2.23. The van der Waals surface area contributed by atoms with Gasteiger partial charge >= 0.3 is 0 Å². The number of nitrogens with zero attached hydrogens (tertiary/aromatic N) is 5. The third kappa shape index (κ3) is 6.38. The molecule has 0 bridgehead atoms. The lowest BCUT2D eigenvalue weighted by atomic mass is 10.1. The summed E-state index contributed by atoms with van der Waals surface area (Å²) in [7, 11) is 1.97. The maximum atomic E-state index is 4.84. The molecule has 7 nitrogen and oxygen atoms in total. The Bertz CT molecular complexity index is 866. The predicted octanol–water partition coefficient (Wildman–Crippen LogP) is 3.14. The maximum absolute atomic E-state index is 4.84. The molecule has 2 aliphatic heterocycles. The van der Waals surface area contributed by atoms with Gasteiger partial charge in [0.2, 0.25) is 0 Å². The standard InChI is InChI=1S/C23H33N7.HI/c1-3-24-23(25-15-19-8-10-21(11-9-19)29-12-4-5-13-29)27-20-7-6-14-30(17-20)22-16-26-28(2)18-22;/h4-5,8-11,16,18,20H,3,6-7,12-15,17H2,1-2H3,(H2,24,25,27);1H. The lowest BCUT2D eigenvalue weighted by Gasteiger charge is -2.34. The largest absolute Gasteiger partial charge is 0.367 e. The van der Waals surface area contributed by atoms with Gasteiger partial charge in [0.1, 0.15) is 0 Å². The monoisotopic (exact) mass is 535 g/mol. The van der Waals surface area contributed by atoms with Crippen molar-refractivity contribution in [3.05, 3.63) is 54.4 Å². The molecule has 8 heteroatoms. The van der Waals surface area contributed by atoms with E-state index in [0.29, 0.717) is 12.6 Å². The summed E-state index contributed by atoms with van der Waals surface area (Å²) < 4.78 is 1.86. The number of halogens is 1. The highest BCUT2D eigenvalue weighted by molar-refractivity contribution is 14.0. The van der Waals surface area contributed by atoms with Gasteiger partial charge in [-0.3, -0.25) is 4.68 Å². The topological polar surface area (TPSA) is 60.7 Å². The predicted molar refractivity (Wildman–Crippen MR) is 140 cm³/mol. The van der Waals surface area contributed by atoms with Crippen LogP contribution in [-0.2, 0) is 13.6 Å². The van der Waals surface area contributed by atoms with Gasteiger partial charge in [-0.15, -0.1) is 24.0 Å². The molecule has 3 heterocycles. The van der Waals surface area contributed by atoms with Gasteiger partial charge in [0.25, 0.3) is 0 Å². The van der Waals surface area contributed by atoms with E-state index in [1.165, 1.54) is 23.4 Å². The van der Waals surface area contributed by atoms with E-state index >= 15 is 0 Å². The highest BCUT2D eigenvalue weighted by Crippen LogP contribution is 2.20. The first-order chi connectivity index (χ1) is 14.7. The number of piperidine rings is 1. The number of hydrogen-bond acceptors (Lipinski definition) is 4. The first kappa shape index (κ1) is 23.4. The van der Waals surface area contributed by atoms with E-state index in [-0.39, 0.29) is 24.0 Å².